The molecule has 178 valence electrons. The van der Waals surface area contributed by atoms with E-state index < -0.39 is 17.8 Å². The molecule has 2 heterocycles. The second-order valence-corrected chi connectivity index (χ2v) is 8.44. The molecule has 1 saturated heterocycles. The number of aryl methyl sites for hydroxylation is 1. The van der Waals surface area contributed by atoms with Gasteiger partial charge in [0.1, 0.15) is 12.1 Å². The minimum atomic E-state index is -0.800. The molecule has 0 aliphatic carbocycles. The molecule has 0 spiro atoms. The maximum atomic E-state index is 13.3. The maximum absolute atomic E-state index is 13.3. The predicted molar refractivity (Wildman–Crippen MR) is 137 cm³/mol. The molecule has 1 aromatic heterocycles. The zero-order chi connectivity index (χ0) is 25.2. The number of imide groups is 2. The van der Waals surface area contributed by atoms with E-state index in [0.29, 0.717) is 16.9 Å². The van der Waals surface area contributed by atoms with Crippen LogP contribution in [0.2, 0.25) is 0 Å². The zero-order valence-corrected chi connectivity index (χ0v) is 19.4. The number of benzene rings is 3. The van der Waals surface area contributed by atoms with Crippen molar-refractivity contribution in [3.8, 4) is 0 Å². The molecule has 4 aromatic rings. The first kappa shape index (κ1) is 22.8. The molecule has 8 nitrogen and oxygen atoms in total. The summed E-state index contributed by atoms with van der Waals surface area (Å²) in [6, 6.07) is 22.6. The number of carbonyl (C=O) groups is 4. The lowest BCUT2D eigenvalue weighted by Gasteiger charge is -2.26. The molecule has 2 N–H and O–H groups in total. The Balaban J connectivity index is 1.49. The van der Waals surface area contributed by atoms with Crippen LogP contribution in [-0.4, -0.2) is 28.3 Å². The Labute approximate surface area is 206 Å². The summed E-state index contributed by atoms with van der Waals surface area (Å²) in [4.78, 5) is 52.0. The number of nitrogens with zero attached hydrogens (tertiary/aromatic N) is 2. The van der Waals surface area contributed by atoms with Gasteiger partial charge in [-0.25, -0.2) is 9.69 Å². The minimum absolute atomic E-state index is 0.0344. The molecule has 1 fully saturated rings. The molecule has 8 heteroatoms. The van der Waals surface area contributed by atoms with Gasteiger partial charge >= 0.3 is 6.03 Å². The normalized spacial score (nSPS) is 14.9. The van der Waals surface area contributed by atoms with Crippen LogP contribution in [-0.2, 0) is 20.9 Å². The van der Waals surface area contributed by atoms with Gasteiger partial charge in [0.2, 0.25) is 5.91 Å². The number of fused-ring (bicyclic) bond motifs is 1. The number of anilines is 2. The first-order chi connectivity index (χ1) is 17.4. The van der Waals surface area contributed by atoms with Crippen LogP contribution in [0.25, 0.3) is 17.0 Å². The lowest BCUT2D eigenvalue weighted by molar-refractivity contribution is -0.122. The van der Waals surface area contributed by atoms with Gasteiger partial charge in [-0.05, 0) is 43.3 Å². The van der Waals surface area contributed by atoms with Crippen LogP contribution in [0, 0.1) is 6.92 Å². The number of hydrogen-bond donors (Lipinski definition) is 2. The van der Waals surface area contributed by atoms with Crippen molar-refractivity contribution in [3.05, 3.63) is 102 Å². The lowest BCUT2D eigenvalue weighted by Crippen LogP contribution is -2.54. The van der Waals surface area contributed by atoms with Gasteiger partial charge in [-0.2, -0.15) is 0 Å². The van der Waals surface area contributed by atoms with Crippen molar-refractivity contribution >= 4 is 52.1 Å². The van der Waals surface area contributed by atoms with E-state index in [4.69, 9.17) is 0 Å². The largest absolute Gasteiger partial charge is 0.337 e. The summed E-state index contributed by atoms with van der Waals surface area (Å²) in [7, 11) is 0. The molecule has 0 radical (unpaired) electrons. The van der Waals surface area contributed by atoms with Crippen molar-refractivity contribution in [1.82, 2.24) is 9.88 Å². The average molecular weight is 479 g/mol. The number of barbiturate groups is 1. The Bertz CT molecular complexity index is 1540. The Hall–Kier alpha value is -4.98. The Kier molecular flexibility index (Phi) is 5.92. The Morgan fingerprint density at radius 1 is 0.917 bits per heavy atom. The fourth-order valence-corrected chi connectivity index (χ4v) is 4.14. The summed E-state index contributed by atoms with van der Waals surface area (Å²) < 4.78 is 1.76. The van der Waals surface area contributed by atoms with E-state index in [1.54, 1.807) is 47.2 Å². The highest BCUT2D eigenvalue weighted by Gasteiger charge is 2.37. The molecule has 5 rings (SSSR count). The van der Waals surface area contributed by atoms with Crippen LogP contribution in [0.3, 0.4) is 0 Å². The Morgan fingerprint density at radius 3 is 2.36 bits per heavy atom. The van der Waals surface area contributed by atoms with E-state index >= 15 is 0 Å². The topological polar surface area (TPSA) is 101 Å². The van der Waals surface area contributed by atoms with Crippen molar-refractivity contribution in [3.63, 3.8) is 0 Å². The standard InChI is InChI=1S/C28H22N4O4/c1-18-11-13-21(14-12-18)32-27(35)23(26(34)30-28(32)36)15-19-16-31(24-10-6-5-9-22(19)24)17-25(33)29-20-7-3-2-4-8-20/h2-16H,17H2,1H3,(H,29,33)(H,30,34,36)/b23-15+. The van der Waals surface area contributed by atoms with Gasteiger partial charge in [0.05, 0.1) is 5.69 Å². The molecular formula is C28H22N4O4. The highest BCUT2D eigenvalue weighted by Crippen LogP contribution is 2.27. The third-order valence-electron chi connectivity index (χ3n) is 5.88. The summed E-state index contributed by atoms with van der Waals surface area (Å²) in [6.07, 6.45) is 3.18. The number of hydrogen-bond acceptors (Lipinski definition) is 4. The van der Waals surface area contributed by atoms with Crippen LogP contribution in [0.15, 0.2) is 90.6 Å². The fourth-order valence-electron chi connectivity index (χ4n) is 4.14. The monoisotopic (exact) mass is 478 g/mol. The van der Waals surface area contributed by atoms with Gasteiger partial charge in [0.25, 0.3) is 11.8 Å². The summed E-state index contributed by atoms with van der Waals surface area (Å²) in [5.41, 5.74) is 3.19. The molecule has 1 aliphatic heterocycles. The fraction of sp³-hybridized carbons (Fsp3) is 0.0714. The van der Waals surface area contributed by atoms with Crippen molar-refractivity contribution in [2.45, 2.75) is 13.5 Å². The molecule has 0 saturated carbocycles. The lowest BCUT2D eigenvalue weighted by atomic mass is 10.1. The quantitative estimate of drug-likeness (QED) is 0.331. The number of amides is 5. The molecule has 1 aliphatic rings. The average Bonchev–Trinajstić information content (AvgIpc) is 3.20. The SMILES string of the molecule is Cc1ccc(N2C(=O)NC(=O)/C(=C\c3cn(CC(=O)Nc4ccccc4)c4ccccc34)C2=O)cc1. The van der Waals surface area contributed by atoms with Crippen LogP contribution in [0.1, 0.15) is 11.1 Å². The first-order valence-corrected chi connectivity index (χ1v) is 11.3. The van der Waals surface area contributed by atoms with Crippen LogP contribution in [0.5, 0.6) is 0 Å². The van der Waals surface area contributed by atoms with E-state index in [1.807, 2.05) is 49.4 Å². The zero-order valence-electron chi connectivity index (χ0n) is 19.4. The van der Waals surface area contributed by atoms with Crippen LogP contribution in [0.4, 0.5) is 16.2 Å². The molecule has 0 atom stereocenters. The molecule has 5 amide bonds. The van der Waals surface area contributed by atoms with Gasteiger partial charge in [0, 0.05) is 28.4 Å². The molecule has 0 bridgehead atoms. The van der Waals surface area contributed by atoms with E-state index in [0.717, 1.165) is 21.4 Å². The summed E-state index contributed by atoms with van der Waals surface area (Å²) in [5.74, 6) is -1.71. The van der Waals surface area contributed by atoms with Gasteiger partial charge in [-0.15, -0.1) is 0 Å². The minimum Gasteiger partial charge on any atom is -0.337 e. The van der Waals surface area contributed by atoms with E-state index in [-0.39, 0.29) is 18.0 Å². The number of nitrogens with one attached hydrogen (secondary N) is 2. The third kappa shape index (κ3) is 4.39. The van der Waals surface area contributed by atoms with Gasteiger partial charge < -0.3 is 9.88 Å². The van der Waals surface area contributed by atoms with Crippen LogP contribution < -0.4 is 15.5 Å². The predicted octanol–water partition coefficient (Wildman–Crippen LogP) is 4.25. The van der Waals surface area contributed by atoms with E-state index in [9.17, 15) is 19.2 Å². The van der Waals surface area contributed by atoms with Crippen LogP contribution >= 0.6 is 0 Å². The second-order valence-electron chi connectivity index (χ2n) is 8.44. The van der Waals surface area contributed by atoms with Crippen molar-refractivity contribution < 1.29 is 19.2 Å². The number of para-hydroxylation sites is 2. The molecular weight excluding hydrogens is 456 g/mol. The number of aromatic nitrogens is 1. The van der Waals surface area contributed by atoms with Gasteiger partial charge in [-0.3, -0.25) is 19.7 Å². The van der Waals surface area contributed by atoms with E-state index in [1.165, 1.54) is 6.08 Å². The first-order valence-electron chi connectivity index (χ1n) is 11.3. The van der Waals surface area contributed by atoms with E-state index in [2.05, 4.69) is 10.6 Å². The smallest absolute Gasteiger partial charge is 0.335 e. The molecule has 36 heavy (non-hydrogen) atoms. The van der Waals surface area contributed by atoms with Gasteiger partial charge in [-0.1, -0.05) is 54.1 Å². The highest BCUT2D eigenvalue weighted by molar-refractivity contribution is 6.39. The Morgan fingerprint density at radius 2 is 1.61 bits per heavy atom. The number of urea groups is 1. The summed E-state index contributed by atoms with van der Waals surface area (Å²) in [6.45, 7) is 1.93. The maximum Gasteiger partial charge on any atom is 0.335 e. The van der Waals surface area contributed by atoms with Crippen molar-refractivity contribution in [2.75, 3.05) is 10.2 Å². The number of carbonyl (C=O) groups excluding carboxylic acids is 4. The summed E-state index contributed by atoms with van der Waals surface area (Å²) in [5, 5.41) is 5.86. The second kappa shape index (κ2) is 9.34. The molecule has 0 unspecified atom stereocenters. The molecule has 3 aromatic carbocycles. The third-order valence-corrected chi connectivity index (χ3v) is 5.88. The highest BCUT2D eigenvalue weighted by atomic mass is 16.2. The van der Waals surface area contributed by atoms with Crippen molar-refractivity contribution in [1.29, 1.82) is 0 Å². The summed E-state index contributed by atoms with van der Waals surface area (Å²) >= 11 is 0. The van der Waals surface area contributed by atoms with Crippen molar-refractivity contribution in [2.24, 2.45) is 0 Å². The van der Waals surface area contributed by atoms with Gasteiger partial charge in [0.15, 0.2) is 0 Å². The number of rotatable bonds is 5.